The fourth-order valence-corrected chi connectivity index (χ4v) is 9.24. The second kappa shape index (κ2) is 8.08. The first-order valence-corrected chi connectivity index (χ1v) is 13.6. The number of rotatable bonds is 6. The number of hydrogen-bond acceptors (Lipinski definition) is 5. The number of nitrogens with one attached hydrogen (secondary N) is 1. The molecule has 3 saturated carbocycles. The minimum absolute atomic E-state index is 0.0655. The second-order valence-electron chi connectivity index (χ2n) is 11.8. The van der Waals surface area contributed by atoms with Gasteiger partial charge in [0.1, 0.15) is 11.7 Å². The zero-order valence-electron chi connectivity index (χ0n) is 22.0. The number of carbonyl (C=O) groups is 1. The third kappa shape index (κ3) is 2.86. The highest BCUT2D eigenvalue weighted by atomic mass is 16.6. The van der Waals surface area contributed by atoms with E-state index in [1.807, 2.05) is 43.5 Å². The molecule has 6 nitrogen and oxygen atoms in total. The average Bonchev–Trinajstić information content (AvgIpc) is 3.30. The predicted octanol–water partition coefficient (Wildman–Crippen LogP) is 3.97. The Bertz CT molecular complexity index is 1280. The number of hydrogen-bond donors (Lipinski definition) is 1. The highest BCUT2D eigenvalue weighted by Gasteiger charge is 2.80. The van der Waals surface area contributed by atoms with E-state index in [1.165, 1.54) is 11.1 Å². The summed E-state index contributed by atoms with van der Waals surface area (Å²) in [5, 5.41) is 3.22. The van der Waals surface area contributed by atoms with Crippen molar-refractivity contribution in [2.24, 2.45) is 11.3 Å². The lowest BCUT2D eigenvalue weighted by molar-refractivity contribution is -0.274. The molecule has 6 aliphatic rings. The largest absolute Gasteiger partial charge is 0.493 e. The van der Waals surface area contributed by atoms with E-state index in [0.717, 1.165) is 55.7 Å². The molecule has 8 rings (SSSR count). The van der Waals surface area contributed by atoms with Crippen LogP contribution in [0.2, 0.25) is 0 Å². The van der Waals surface area contributed by atoms with E-state index in [0.29, 0.717) is 12.6 Å². The fourth-order valence-electron chi connectivity index (χ4n) is 9.24. The number of benzene rings is 2. The Labute approximate surface area is 219 Å². The minimum Gasteiger partial charge on any atom is -0.493 e. The van der Waals surface area contributed by atoms with Gasteiger partial charge >= 0.3 is 0 Å². The summed E-state index contributed by atoms with van der Waals surface area (Å²) in [5.74, 6) is 1.88. The standard InChI is InChI=1S/C31H36N2O4/c1-33-16-15-30-26-21-10-11-23(35-2)27(26)37-28(30)31(36-3)14-13-29(30,24(33)17-21)18-22(31)19-32-25(34)12-9-20-7-5-4-6-8-20/h4-12,22,24,28H,13-19H2,1-3H3,(H,32,34)/b12-9+/t22-,24-,28-,29-,30+,31+/m1/s1. The van der Waals surface area contributed by atoms with Crippen LogP contribution in [0.4, 0.5) is 0 Å². The number of methoxy groups -OCH3 is 2. The Balaban J connectivity index is 1.26. The zero-order chi connectivity index (χ0) is 25.4. The Morgan fingerprint density at radius 1 is 1.16 bits per heavy atom. The maximum absolute atomic E-state index is 12.9. The van der Waals surface area contributed by atoms with Crippen LogP contribution >= 0.6 is 0 Å². The van der Waals surface area contributed by atoms with Crippen LogP contribution in [-0.2, 0) is 21.4 Å². The van der Waals surface area contributed by atoms with Crippen LogP contribution < -0.4 is 14.8 Å². The first kappa shape index (κ1) is 23.3. The van der Waals surface area contributed by atoms with Gasteiger partial charge in [-0.2, -0.15) is 0 Å². The lowest BCUT2D eigenvalue weighted by atomic mass is 9.35. The first-order valence-electron chi connectivity index (χ1n) is 13.6. The van der Waals surface area contributed by atoms with Crippen molar-refractivity contribution in [3.8, 4) is 11.5 Å². The van der Waals surface area contributed by atoms with Crippen LogP contribution in [0.25, 0.3) is 6.08 Å². The minimum atomic E-state index is -0.447. The number of fused-ring (bicyclic) bond motifs is 2. The number of piperidine rings is 1. The van der Waals surface area contributed by atoms with E-state index in [1.54, 1.807) is 13.2 Å². The van der Waals surface area contributed by atoms with Crippen molar-refractivity contribution in [1.82, 2.24) is 10.2 Å². The smallest absolute Gasteiger partial charge is 0.244 e. The highest BCUT2D eigenvalue weighted by Crippen LogP contribution is 2.76. The number of amides is 1. The second-order valence-corrected chi connectivity index (χ2v) is 11.8. The summed E-state index contributed by atoms with van der Waals surface area (Å²) in [6.07, 6.45) is 8.66. The molecule has 4 bridgehead atoms. The van der Waals surface area contributed by atoms with Gasteiger partial charge in [-0.1, -0.05) is 36.4 Å². The molecule has 2 spiro atoms. The van der Waals surface area contributed by atoms with Gasteiger partial charge in [-0.3, -0.25) is 4.79 Å². The van der Waals surface area contributed by atoms with Crippen molar-refractivity contribution >= 4 is 12.0 Å². The monoisotopic (exact) mass is 500 g/mol. The molecular formula is C31H36N2O4. The van der Waals surface area contributed by atoms with Gasteiger partial charge in [0, 0.05) is 48.1 Å². The van der Waals surface area contributed by atoms with E-state index >= 15 is 0 Å². The quantitative estimate of drug-likeness (QED) is 0.609. The molecule has 2 aromatic carbocycles. The third-order valence-electron chi connectivity index (χ3n) is 10.7. The topological polar surface area (TPSA) is 60.0 Å². The summed E-state index contributed by atoms with van der Waals surface area (Å²) in [4.78, 5) is 15.5. The first-order chi connectivity index (χ1) is 18.0. The number of carbonyl (C=O) groups excluding carboxylic acids is 1. The summed E-state index contributed by atoms with van der Waals surface area (Å²) in [7, 11) is 5.88. The van der Waals surface area contributed by atoms with E-state index in [-0.39, 0.29) is 28.8 Å². The molecular weight excluding hydrogens is 464 g/mol. The summed E-state index contributed by atoms with van der Waals surface area (Å²) in [5.41, 5.74) is 3.42. The van der Waals surface area contributed by atoms with Gasteiger partial charge in [-0.05, 0) is 69.0 Å². The molecule has 0 radical (unpaired) electrons. The van der Waals surface area contributed by atoms with Gasteiger partial charge < -0.3 is 24.4 Å². The van der Waals surface area contributed by atoms with Gasteiger partial charge in [0.05, 0.1) is 7.11 Å². The lowest BCUT2D eigenvalue weighted by Crippen LogP contribution is -2.81. The Kier molecular flexibility index (Phi) is 5.09. The van der Waals surface area contributed by atoms with Crippen LogP contribution in [0.15, 0.2) is 48.5 Å². The molecule has 4 aliphatic carbocycles. The van der Waals surface area contributed by atoms with Crippen LogP contribution in [0.5, 0.6) is 11.5 Å². The van der Waals surface area contributed by atoms with Gasteiger partial charge in [-0.25, -0.2) is 0 Å². The Hall–Kier alpha value is -2.83. The fraction of sp³-hybridized carbons (Fsp3) is 0.516. The van der Waals surface area contributed by atoms with Crippen molar-refractivity contribution in [2.75, 3.05) is 34.4 Å². The van der Waals surface area contributed by atoms with Crippen molar-refractivity contribution in [3.63, 3.8) is 0 Å². The van der Waals surface area contributed by atoms with Crippen LogP contribution in [0.1, 0.15) is 42.4 Å². The van der Waals surface area contributed by atoms with Crippen molar-refractivity contribution in [1.29, 1.82) is 0 Å². The van der Waals surface area contributed by atoms with Crippen LogP contribution in [0, 0.1) is 11.3 Å². The van der Waals surface area contributed by atoms with Gasteiger partial charge in [0.2, 0.25) is 5.91 Å². The summed E-state index contributed by atoms with van der Waals surface area (Å²) in [6.45, 7) is 1.65. The molecule has 4 fully saturated rings. The molecule has 1 saturated heterocycles. The Morgan fingerprint density at radius 3 is 2.78 bits per heavy atom. The van der Waals surface area contributed by atoms with E-state index < -0.39 is 5.60 Å². The summed E-state index contributed by atoms with van der Waals surface area (Å²) >= 11 is 0. The van der Waals surface area contributed by atoms with Gasteiger partial charge in [0.25, 0.3) is 0 Å². The molecule has 37 heavy (non-hydrogen) atoms. The zero-order valence-corrected chi connectivity index (χ0v) is 22.0. The van der Waals surface area contributed by atoms with E-state index in [9.17, 15) is 4.79 Å². The predicted molar refractivity (Wildman–Crippen MR) is 142 cm³/mol. The number of likely N-dealkylation sites (tertiary alicyclic amines) is 1. The average molecular weight is 501 g/mol. The van der Waals surface area contributed by atoms with Crippen molar-refractivity contribution in [3.05, 3.63) is 65.2 Å². The maximum Gasteiger partial charge on any atom is 0.244 e. The molecule has 194 valence electrons. The summed E-state index contributed by atoms with van der Waals surface area (Å²) < 4.78 is 19.4. The number of nitrogens with zero attached hydrogens (tertiary/aromatic N) is 1. The highest BCUT2D eigenvalue weighted by molar-refractivity contribution is 5.91. The normalized spacial score (nSPS) is 36.8. The SMILES string of the molecule is COc1ccc2c3c1O[C@H]1[C@]4(OC)CC[C@@]5(C[C@@H]4CNC(=O)/C=C/c4ccccc4)[C@@H](C2)N(C)CC[C@]315. The summed E-state index contributed by atoms with van der Waals surface area (Å²) in [6, 6.07) is 14.7. The molecule has 0 unspecified atom stereocenters. The molecule has 2 aromatic rings. The molecule has 1 N–H and O–H groups in total. The third-order valence-corrected chi connectivity index (χ3v) is 10.7. The van der Waals surface area contributed by atoms with Gasteiger partial charge in [0.15, 0.2) is 11.5 Å². The van der Waals surface area contributed by atoms with Crippen molar-refractivity contribution in [2.45, 2.75) is 55.3 Å². The maximum atomic E-state index is 12.9. The molecule has 2 heterocycles. The van der Waals surface area contributed by atoms with Crippen LogP contribution in [0.3, 0.4) is 0 Å². The van der Waals surface area contributed by atoms with E-state index in [2.05, 4.69) is 29.4 Å². The number of likely N-dealkylation sites (N-methyl/N-ethyl adjacent to an activating group) is 1. The van der Waals surface area contributed by atoms with Crippen LogP contribution in [-0.4, -0.2) is 62.9 Å². The molecule has 6 heteroatoms. The molecule has 6 atom stereocenters. The van der Waals surface area contributed by atoms with E-state index in [4.69, 9.17) is 14.2 Å². The Morgan fingerprint density at radius 2 is 2.00 bits per heavy atom. The van der Waals surface area contributed by atoms with Crippen molar-refractivity contribution < 1.29 is 19.0 Å². The van der Waals surface area contributed by atoms with Gasteiger partial charge in [-0.15, -0.1) is 0 Å². The molecule has 1 amide bonds. The molecule has 2 aliphatic heterocycles. The molecule has 0 aromatic heterocycles. The number of ether oxygens (including phenoxy) is 3. The lowest BCUT2D eigenvalue weighted by Gasteiger charge is -2.73.